The number of hydrogen-bond donors (Lipinski definition) is 2. The van der Waals surface area contributed by atoms with Gasteiger partial charge < -0.3 is 20.1 Å². The molecule has 1 aromatic rings. The van der Waals surface area contributed by atoms with Crippen LogP contribution in [0.2, 0.25) is 5.02 Å². The molecule has 0 saturated heterocycles. The van der Waals surface area contributed by atoms with Crippen LogP contribution >= 0.6 is 11.6 Å². The van der Waals surface area contributed by atoms with E-state index in [-0.39, 0.29) is 0 Å². The van der Waals surface area contributed by atoms with E-state index in [1.807, 2.05) is 19.1 Å². The Morgan fingerprint density at radius 2 is 2.05 bits per heavy atom. The molecule has 0 unspecified atom stereocenters. The average Bonchev–Trinajstić information content (AvgIpc) is 2.50. The largest absolute Gasteiger partial charge is 0.486 e. The van der Waals surface area contributed by atoms with Crippen LogP contribution in [0.25, 0.3) is 0 Å². The molecule has 1 heterocycles. The van der Waals surface area contributed by atoms with Gasteiger partial charge in [-0.05, 0) is 31.0 Å². The van der Waals surface area contributed by atoms with Gasteiger partial charge in [-0.3, -0.25) is 0 Å². The highest BCUT2D eigenvalue weighted by atomic mass is 35.5. The van der Waals surface area contributed by atoms with E-state index in [1.165, 1.54) is 0 Å². The molecule has 0 spiro atoms. The summed E-state index contributed by atoms with van der Waals surface area (Å²) in [6, 6.07) is 3.81. The molecule has 0 amide bonds. The van der Waals surface area contributed by atoms with Crippen molar-refractivity contribution in [1.82, 2.24) is 10.6 Å². The topological polar surface area (TPSA) is 54.9 Å². The predicted octanol–water partition coefficient (Wildman–Crippen LogP) is 2.58. The highest BCUT2D eigenvalue weighted by molar-refractivity contribution is 6.32. The maximum absolute atomic E-state index is 6.22. The molecule has 1 aromatic carbocycles. The van der Waals surface area contributed by atoms with Gasteiger partial charge in [0.1, 0.15) is 13.2 Å². The first-order valence-electron chi connectivity index (χ1n) is 7.34. The van der Waals surface area contributed by atoms with E-state index < -0.39 is 0 Å². The molecule has 2 N–H and O–H groups in total. The smallest absolute Gasteiger partial charge is 0.191 e. The summed E-state index contributed by atoms with van der Waals surface area (Å²) in [5.74, 6) is 2.14. The monoisotopic (exact) mass is 311 g/mol. The Morgan fingerprint density at radius 1 is 1.24 bits per heavy atom. The van der Waals surface area contributed by atoms with Gasteiger partial charge in [0.25, 0.3) is 0 Å². The SMILES string of the molecule is CCCNC(=NCc1cc(Cl)c2c(c1)OCCO2)NCC. The molecule has 0 aliphatic carbocycles. The molecule has 1 aliphatic heterocycles. The summed E-state index contributed by atoms with van der Waals surface area (Å²) >= 11 is 6.22. The zero-order chi connectivity index (χ0) is 15.1. The number of guanidine groups is 1. The lowest BCUT2D eigenvalue weighted by molar-refractivity contribution is 0.171. The van der Waals surface area contributed by atoms with E-state index in [9.17, 15) is 0 Å². The first-order chi connectivity index (χ1) is 10.2. The quantitative estimate of drug-likeness (QED) is 0.648. The summed E-state index contributed by atoms with van der Waals surface area (Å²) in [4.78, 5) is 4.55. The van der Waals surface area contributed by atoms with Gasteiger partial charge in [-0.15, -0.1) is 0 Å². The van der Waals surface area contributed by atoms with Gasteiger partial charge in [0.2, 0.25) is 0 Å². The summed E-state index contributed by atoms with van der Waals surface area (Å²) < 4.78 is 11.1. The van der Waals surface area contributed by atoms with E-state index in [2.05, 4.69) is 22.5 Å². The fourth-order valence-electron chi connectivity index (χ4n) is 2.01. The zero-order valence-corrected chi connectivity index (χ0v) is 13.3. The van der Waals surface area contributed by atoms with Crippen LogP contribution in [0.15, 0.2) is 17.1 Å². The number of nitrogens with one attached hydrogen (secondary N) is 2. The molecule has 0 radical (unpaired) electrons. The first-order valence-corrected chi connectivity index (χ1v) is 7.72. The minimum atomic E-state index is 0.537. The summed E-state index contributed by atoms with van der Waals surface area (Å²) in [5, 5.41) is 7.06. The van der Waals surface area contributed by atoms with Crippen molar-refractivity contribution < 1.29 is 9.47 Å². The molecule has 2 rings (SSSR count). The zero-order valence-electron chi connectivity index (χ0n) is 12.5. The van der Waals surface area contributed by atoms with Crippen LogP contribution in [-0.4, -0.2) is 32.3 Å². The van der Waals surface area contributed by atoms with Gasteiger partial charge in [0.05, 0.1) is 11.6 Å². The Morgan fingerprint density at radius 3 is 2.81 bits per heavy atom. The molecule has 6 heteroatoms. The summed E-state index contributed by atoms with van der Waals surface area (Å²) in [7, 11) is 0. The standard InChI is InChI=1S/C15H22ClN3O2/c1-3-5-18-15(17-4-2)19-10-11-8-12(16)14-13(9-11)20-6-7-21-14/h8-9H,3-7,10H2,1-2H3,(H2,17,18,19). The first kappa shape index (κ1) is 15.8. The van der Waals surface area contributed by atoms with Gasteiger partial charge >= 0.3 is 0 Å². The Bertz CT molecular complexity index is 506. The second kappa shape index (κ2) is 7.98. The normalized spacial score (nSPS) is 14.0. The van der Waals surface area contributed by atoms with E-state index in [0.29, 0.717) is 36.3 Å². The number of hydrogen-bond acceptors (Lipinski definition) is 3. The minimum Gasteiger partial charge on any atom is -0.486 e. The Hall–Kier alpha value is -1.62. The molecule has 5 nitrogen and oxygen atoms in total. The van der Waals surface area contributed by atoms with E-state index in [4.69, 9.17) is 21.1 Å². The van der Waals surface area contributed by atoms with Crippen molar-refractivity contribution in [2.45, 2.75) is 26.8 Å². The van der Waals surface area contributed by atoms with E-state index in [1.54, 1.807) is 0 Å². The highest BCUT2D eigenvalue weighted by Gasteiger charge is 2.16. The number of nitrogens with zero attached hydrogens (tertiary/aromatic N) is 1. The third kappa shape index (κ3) is 4.43. The van der Waals surface area contributed by atoms with Crippen molar-refractivity contribution in [3.05, 3.63) is 22.7 Å². The van der Waals surface area contributed by atoms with Gasteiger partial charge in [0, 0.05) is 13.1 Å². The fourth-order valence-corrected chi connectivity index (χ4v) is 2.30. The number of rotatable bonds is 5. The second-order valence-corrected chi connectivity index (χ2v) is 5.13. The third-order valence-corrected chi connectivity index (χ3v) is 3.24. The Labute approximate surface area is 130 Å². The molecular weight excluding hydrogens is 290 g/mol. The van der Waals surface area contributed by atoms with Crippen LogP contribution in [-0.2, 0) is 6.54 Å². The summed E-state index contributed by atoms with van der Waals surface area (Å²) in [6.07, 6.45) is 1.06. The maximum Gasteiger partial charge on any atom is 0.191 e. The molecule has 0 saturated carbocycles. The summed E-state index contributed by atoms with van der Waals surface area (Å²) in [6.45, 7) is 7.52. The fraction of sp³-hybridized carbons (Fsp3) is 0.533. The molecule has 1 aliphatic rings. The van der Waals surface area contributed by atoms with Gasteiger partial charge in [-0.1, -0.05) is 18.5 Å². The lowest BCUT2D eigenvalue weighted by Gasteiger charge is -2.20. The van der Waals surface area contributed by atoms with Crippen molar-refractivity contribution in [1.29, 1.82) is 0 Å². The molecule has 21 heavy (non-hydrogen) atoms. The molecule has 0 fully saturated rings. The molecule has 116 valence electrons. The number of halogens is 1. The van der Waals surface area contributed by atoms with Crippen molar-refractivity contribution in [3.8, 4) is 11.5 Å². The summed E-state index contributed by atoms with van der Waals surface area (Å²) in [5.41, 5.74) is 0.998. The van der Waals surface area contributed by atoms with Crippen LogP contribution < -0.4 is 20.1 Å². The van der Waals surface area contributed by atoms with Crippen LogP contribution in [0.3, 0.4) is 0 Å². The van der Waals surface area contributed by atoms with Crippen molar-refractivity contribution in [2.24, 2.45) is 4.99 Å². The second-order valence-electron chi connectivity index (χ2n) is 4.72. The van der Waals surface area contributed by atoms with Gasteiger partial charge in [-0.25, -0.2) is 4.99 Å². The molecule has 0 atom stereocenters. The maximum atomic E-state index is 6.22. The molecule has 0 bridgehead atoms. The lowest BCUT2D eigenvalue weighted by Crippen LogP contribution is -2.37. The van der Waals surface area contributed by atoms with E-state index in [0.717, 1.165) is 31.0 Å². The minimum absolute atomic E-state index is 0.537. The average molecular weight is 312 g/mol. The third-order valence-electron chi connectivity index (χ3n) is 2.96. The van der Waals surface area contributed by atoms with Crippen molar-refractivity contribution >= 4 is 17.6 Å². The number of aliphatic imine (C=N–C) groups is 1. The highest BCUT2D eigenvalue weighted by Crippen LogP contribution is 2.38. The van der Waals surface area contributed by atoms with Crippen LogP contribution in [0, 0.1) is 0 Å². The van der Waals surface area contributed by atoms with Gasteiger partial charge in [-0.2, -0.15) is 0 Å². The van der Waals surface area contributed by atoms with Crippen molar-refractivity contribution in [3.63, 3.8) is 0 Å². The van der Waals surface area contributed by atoms with Crippen LogP contribution in [0.5, 0.6) is 11.5 Å². The lowest BCUT2D eigenvalue weighted by atomic mass is 10.2. The predicted molar refractivity (Wildman–Crippen MR) is 85.6 cm³/mol. The number of benzene rings is 1. The molecular formula is C15H22ClN3O2. The number of ether oxygens (including phenoxy) is 2. The Balaban J connectivity index is 2.09. The Kier molecular flexibility index (Phi) is 5.99. The van der Waals surface area contributed by atoms with Crippen LogP contribution in [0.4, 0.5) is 0 Å². The van der Waals surface area contributed by atoms with Crippen molar-refractivity contribution in [2.75, 3.05) is 26.3 Å². The number of fused-ring (bicyclic) bond motifs is 1. The van der Waals surface area contributed by atoms with Crippen LogP contribution in [0.1, 0.15) is 25.8 Å². The molecule has 0 aromatic heterocycles. The van der Waals surface area contributed by atoms with E-state index >= 15 is 0 Å². The van der Waals surface area contributed by atoms with Gasteiger partial charge in [0.15, 0.2) is 17.5 Å².